The smallest absolute Gasteiger partial charge is 0.0644 e. The molecule has 0 aromatic rings. The molecule has 6 unspecified atom stereocenters. The van der Waals surface area contributed by atoms with Crippen molar-refractivity contribution in [3.05, 3.63) is 0 Å². The maximum absolute atomic E-state index is 10.3. The van der Waals surface area contributed by atoms with Gasteiger partial charge in [-0.3, -0.25) is 0 Å². The first-order chi connectivity index (χ1) is 7.67. The maximum Gasteiger partial charge on any atom is 0.0644 e. The van der Waals surface area contributed by atoms with E-state index < -0.39 is 5.60 Å². The molecule has 6 atom stereocenters. The Labute approximate surface area is 104 Å². The minimum absolute atomic E-state index is 0.0525. The van der Waals surface area contributed by atoms with E-state index in [2.05, 4.69) is 13.8 Å². The highest BCUT2D eigenvalue weighted by Gasteiger charge is 2.69. The van der Waals surface area contributed by atoms with Crippen molar-refractivity contribution in [1.29, 1.82) is 0 Å². The lowest BCUT2D eigenvalue weighted by atomic mass is 9.58. The summed E-state index contributed by atoms with van der Waals surface area (Å²) in [7, 11) is 0. The standard InChI is InChI=1S/C15H26O2/c1-13(2,17)10-5-12-14(3,8-11(10)16)6-9-7-15(9,12)4/h9-12,16-17H,5-8H2,1-4H3. The number of fused-ring (bicyclic) bond motifs is 3. The molecule has 0 radical (unpaired) electrons. The molecule has 2 heteroatoms. The molecule has 3 rings (SSSR count). The summed E-state index contributed by atoms with van der Waals surface area (Å²) in [6.45, 7) is 8.49. The van der Waals surface area contributed by atoms with Gasteiger partial charge in [-0.05, 0) is 62.2 Å². The van der Waals surface area contributed by atoms with Crippen LogP contribution in [0.3, 0.4) is 0 Å². The summed E-state index contributed by atoms with van der Waals surface area (Å²) in [6, 6.07) is 0. The minimum atomic E-state index is -0.746. The molecule has 3 aliphatic rings. The van der Waals surface area contributed by atoms with Crippen molar-refractivity contribution in [2.24, 2.45) is 28.6 Å². The number of aliphatic hydroxyl groups excluding tert-OH is 1. The zero-order chi connectivity index (χ0) is 12.6. The number of hydrogen-bond donors (Lipinski definition) is 2. The van der Waals surface area contributed by atoms with E-state index in [1.165, 1.54) is 12.8 Å². The SMILES string of the molecule is CC(C)(O)C1CC2C(C)(CC1O)CC1CC12C. The number of hydrogen-bond acceptors (Lipinski definition) is 2. The maximum atomic E-state index is 10.3. The van der Waals surface area contributed by atoms with Crippen molar-refractivity contribution in [3.8, 4) is 0 Å². The second-order valence-electron chi connectivity index (χ2n) is 8.08. The van der Waals surface area contributed by atoms with Gasteiger partial charge in [0.2, 0.25) is 0 Å². The Morgan fingerprint density at radius 3 is 2.35 bits per heavy atom. The van der Waals surface area contributed by atoms with Gasteiger partial charge in [0, 0.05) is 5.92 Å². The Bertz CT molecular complexity index is 345. The van der Waals surface area contributed by atoms with Crippen molar-refractivity contribution in [2.45, 2.75) is 65.1 Å². The zero-order valence-electron chi connectivity index (χ0n) is 11.5. The Morgan fingerprint density at radius 1 is 1.12 bits per heavy atom. The van der Waals surface area contributed by atoms with Gasteiger partial charge in [-0.1, -0.05) is 13.8 Å². The van der Waals surface area contributed by atoms with E-state index in [-0.39, 0.29) is 12.0 Å². The van der Waals surface area contributed by atoms with Gasteiger partial charge < -0.3 is 10.2 Å². The molecule has 0 saturated heterocycles. The third-order valence-corrected chi connectivity index (χ3v) is 6.35. The fourth-order valence-electron chi connectivity index (χ4n) is 5.27. The van der Waals surface area contributed by atoms with Gasteiger partial charge in [-0.2, -0.15) is 0 Å². The molecule has 0 spiro atoms. The fraction of sp³-hybridized carbons (Fsp3) is 1.00. The molecule has 3 fully saturated rings. The third kappa shape index (κ3) is 1.53. The molecule has 0 aromatic carbocycles. The number of rotatable bonds is 1. The van der Waals surface area contributed by atoms with E-state index in [0.29, 0.717) is 16.7 Å². The summed E-state index contributed by atoms with van der Waals surface area (Å²) in [5.41, 5.74) is 0.112. The van der Waals surface area contributed by atoms with Gasteiger partial charge in [-0.25, -0.2) is 0 Å². The van der Waals surface area contributed by atoms with Crippen LogP contribution in [0.4, 0.5) is 0 Å². The summed E-state index contributed by atoms with van der Waals surface area (Å²) in [6.07, 6.45) is 4.25. The molecule has 0 aromatic heterocycles. The average molecular weight is 238 g/mol. The summed E-state index contributed by atoms with van der Waals surface area (Å²) < 4.78 is 0. The van der Waals surface area contributed by atoms with E-state index in [0.717, 1.165) is 18.8 Å². The Kier molecular flexibility index (Phi) is 2.17. The van der Waals surface area contributed by atoms with Gasteiger partial charge in [0.25, 0.3) is 0 Å². The fourth-order valence-corrected chi connectivity index (χ4v) is 5.27. The first-order valence-electron chi connectivity index (χ1n) is 7.07. The molecule has 3 aliphatic carbocycles. The van der Waals surface area contributed by atoms with Crippen molar-refractivity contribution in [1.82, 2.24) is 0 Å². The van der Waals surface area contributed by atoms with Crippen LogP contribution in [0, 0.1) is 28.6 Å². The van der Waals surface area contributed by atoms with E-state index in [4.69, 9.17) is 0 Å². The lowest BCUT2D eigenvalue weighted by molar-refractivity contribution is -0.115. The van der Waals surface area contributed by atoms with Crippen LogP contribution >= 0.6 is 0 Å². The molecular formula is C15H26O2. The Morgan fingerprint density at radius 2 is 1.76 bits per heavy atom. The molecule has 0 amide bonds. The minimum Gasteiger partial charge on any atom is -0.393 e. The molecule has 98 valence electrons. The van der Waals surface area contributed by atoms with Crippen LogP contribution in [0.5, 0.6) is 0 Å². The van der Waals surface area contributed by atoms with E-state index in [9.17, 15) is 10.2 Å². The second kappa shape index (κ2) is 3.08. The second-order valence-corrected chi connectivity index (χ2v) is 8.08. The molecule has 2 nitrogen and oxygen atoms in total. The highest BCUT2D eigenvalue weighted by atomic mass is 16.3. The van der Waals surface area contributed by atoms with Gasteiger partial charge >= 0.3 is 0 Å². The van der Waals surface area contributed by atoms with Gasteiger partial charge in [0.1, 0.15) is 0 Å². The quantitative estimate of drug-likeness (QED) is 0.737. The average Bonchev–Trinajstić information content (AvgIpc) is 2.67. The molecule has 0 aliphatic heterocycles. The number of aliphatic hydroxyl groups is 2. The predicted molar refractivity (Wildman–Crippen MR) is 67.5 cm³/mol. The van der Waals surface area contributed by atoms with Crippen LogP contribution < -0.4 is 0 Å². The molecule has 2 N–H and O–H groups in total. The molecular weight excluding hydrogens is 212 g/mol. The summed E-state index contributed by atoms with van der Waals surface area (Å²) >= 11 is 0. The highest BCUT2D eigenvalue weighted by Crippen LogP contribution is 2.76. The van der Waals surface area contributed by atoms with Crippen LogP contribution in [0.15, 0.2) is 0 Å². The first-order valence-corrected chi connectivity index (χ1v) is 7.07. The first kappa shape index (κ1) is 12.0. The molecule has 3 saturated carbocycles. The van der Waals surface area contributed by atoms with Gasteiger partial charge in [0.15, 0.2) is 0 Å². The largest absolute Gasteiger partial charge is 0.393 e. The molecule has 0 heterocycles. The summed E-state index contributed by atoms with van der Waals surface area (Å²) in [5, 5.41) is 20.6. The highest BCUT2D eigenvalue weighted by molar-refractivity contribution is 5.18. The van der Waals surface area contributed by atoms with Crippen LogP contribution in [0.2, 0.25) is 0 Å². The van der Waals surface area contributed by atoms with Crippen molar-refractivity contribution in [2.75, 3.05) is 0 Å². The van der Waals surface area contributed by atoms with E-state index in [1.54, 1.807) is 0 Å². The third-order valence-electron chi connectivity index (χ3n) is 6.35. The monoisotopic (exact) mass is 238 g/mol. The van der Waals surface area contributed by atoms with E-state index >= 15 is 0 Å². The Balaban J connectivity index is 1.88. The molecule has 17 heavy (non-hydrogen) atoms. The summed E-state index contributed by atoms with van der Waals surface area (Å²) in [5.74, 6) is 1.65. The lowest BCUT2D eigenvalue weighted by Gasteiger charge is -2.49. The molecule has 0 bridgehead atoms. The van der Waals surface area contributed by atoms with Gasteiger partial charge in [0.05, 0.1) is 11.7 Å². The van der Waals surface area contributed by atoms with Gasteiger partial charge in [-0.15, -0.1) is 0 Å². The van der Waals surface area contributed by atoms with Crippen LogP contribution in [0.25, 0.3) is 0 Å². The lowest BCUT2D eigenvalue weighted by Crippen LogP contribution is -2.50. The Hall–Kier alpha value is -0.0800. The van der Waals surface area contributed by atoms with Crippen LogP contribution in [0.1, 0.15) is 53.4 Å². The topological polar surface area (TPSA) is 40.5 Å². The van der Waals surface area contributed by atoms with Crippen LogP contribution in [-0.2, 0) is 0 Å². The van der Waals surface area contributed by atoms with Crippen molar-refractivity contribution < 1.29 is 10.2 Å². The predicted octanol–water partition coefficient (Wildman–Crippen LogP) is 2.58. The van der Waals surface area contributed by atoms with E-state index in [1.807, 2.05) is 13.8 Å². The van der Waals surface area contributed by atoms with Crippen molar-refractivity contribution in [3.63, 3.8) is 0 Å². The van der Waals surface area contributed by atoms with Crippen LogP contribution in [-0.4, -0.2) is 21.9 Å². The van der Waals surface area contributed by atoms with Crippen molar-refractivity contribution >= 4 is 0 Å². The zero-order valence-corrected chi connectivity index (χ0v) is 11.5. The normalized spacial score (nSPS) is 57.5. The summed E-state index contributed by atoms with van der Waals surface area (Å²) in [4.78, 5) is 0.